The number of ether oxygens (including phenoxy) is 2. The van der Waals surface area contributed by atoms with Crippen molar-refractivity contribution in [3.05, 3.63) is 0 Å². The number of nitrogens with one attached hydrogen (secondary N) is 2. The summed E-state index contributed by atoms with van der Waals surface area (Å²) in [5.41, 5.74) is 0. The topological polar surface area (TPSA) is 117 Å². The Labute approximate surface area is 131 Å². The highest BCUT2D eigenvalue weighted by Crippen LogP contribution is 2.04. The molecule has 0 spiro atoms. The number of unbranched alkanes of at least 4 members (excludes halogenated alkanes) is 3. The fourth-order valence-corrected chi connectivity index (χ4v) is 1.51. The first-order valence-electron chi connectivity index (χ1n) is 7.38. The quantitative estimate of drug-likeness (QED) is 0.377. The SMILES string of the molecule is CC(C)(O)OC(=O)NCCCCCCNC(=O)OC(C)(C)O. The van der Waals surface area contributed by atoms with E-state index in [1.54, 1.807) is 0 Å². The molecule has 0 aromatic heterocycles. The molecule has 0 saturated carbocycles. The summed E-state index contributed by atoms with van der Waals surface area (Å²) in [7, 11) is 0. The minimum Gasteiger partial charge on any atom is -0.418 e. The lowest BCUT2D eigenvalue weighted by atomic mass is 10.2. The first-order chi connectivity index (χ1) is 9.99. The largest absolute Gasteiger partial charge is 0.418 e. The maximum absolute atomic E-state index is 11.2. The Morgan fingerprint density at radius 3 is 1.36 bits per heavy atom. The van der Waals surface area contributed by atoms with E-state index >= 15 is 0 Å². The zero-order valence-electron chi connectivity index (χ0n) is 13.8. The van der Waals surface area contributed by atoms with Gasteiger partial charge in [0, 0.05) is 40.8 Å². The van der Waals surface area contributed by atoms with Crippen LogP contribution in [0.3, 0.4) is 0 Å². The minimum atomic E-state index is -1.48. The van der Waals surface area contributed by atoms with Crippen molar-refractivity contribution < 1.29 is 29.3 Å². The maximum atomic E-state index is 11.2. The van der Waals surface area contributed by atoms with Crippen molar-refractivity contribution >= 4 is 12.2 Å². The molecule has 2 amide bonds. The summed E-state index contributed by atoms with van der Waals surface area (Å²) in [5.74, 6) is -2.96. The van der Waals surface area contributed by atoms with Gasteiger partial charge in [0.2, 0.25) is 11.6 Å². The molecule has 0 saturated heterocycles. The molecule has 0 fully saturated rings. The average molecular weight is 320 g/mol. The zero-order valence-corrected chi connectivity index (χ0v) is 13.8. The summed E-state index contributed by atoms with van der Waals surface area (Å²) in [6.45, 7) is 6.43. The summed E-state index contributed by atoms with van der Waals surface area (Å²) in [4.78, 5) is 22.4. The van der Waals surface area contributed by atoms with Gasteiger partial charge in [-0.15, -0.1) is 0 Å². The van der Waals surface area contributed by atoms with E-state index in [-0.39, 0.29) is 0 Å². The minimum absolute atomic E-state index is 0.461. The number of alkyl carbamates (subject to hydrolysis) is 2. The van der Waals surface area contributed by atoms with Crippen molar-refractivity contribution in [1.82, 2.24) is 10.6 Å². The van der Waals surface area contributed by atoms with Gasteiger partial charge in [-0.05, 0) is 12.8 Å². The second kappa shape index (κ2) is 9.47. The third-order valence-electron chi connectivity index (χ3n) is 2.33. The molecule has 22 heavy (non-hydrogen) atoms. The Hall–Kier alpha value is -1.54. The molecule has 8 heteroatoms. The molecule has 8 nitrogen and oxygen atoms in total. The van der Waals surface area contributed by atoms with Crippen LogP contribution < -0.4 is 10.6 Å². The van der Waals surface area contributed by atoms with Crippen LogP contribution in [0.2, 0.25) is 0 Å². The third kappa shape index (κ3) is 14.9. The number of hydrogen-bond donors (Lipinski definition) is 4. The number of rotatable bonds is 9. The zero-order chi connectivity index (χ0) is 17.2. The molecule has 4 N–H and O–H groups in total. The normalized spacial score (nSPS) is 11.7. The molecule has 0 rings (SSSR count). The molecule has 0 aromatic carbocycles. The van der Waals surface area contributed by atoms with Crippen molar-refractivity contribution in [3.8, 4) is 0 Å². The van der Waals surface area contributed by atoms with Gasteiger partial charge < -0.3 is 30.3 Å². The van der Waals surface area contributed by atoms with Crippen LogP contribution in [0.15, 0.2) is 0 Å². The highest BCUT2D eigenvalue weighted by Gasteiger charge is 2.18. The molecule has 130 valence electrons. The second-order valence-corrected chi connectivity index (χ2v) is 5.94. The Morgan fingerprint density at radius 1 is 0.773 bits per heavy atom. The van der Waals surface area contributed by atoms with Gasteiger partial charge in [0.15, 0.2) is 0 Å². The average Bonchev–Trinajstić information content (AvgIpc) is 2.27. The predicted octanol–water partition coefficient (Wildman–Crippen LogP) is 1.46. The van der Waals surface area contributed by atoms with E-state index in [9.17, 15) is 19.8 Å². The van der Waals surface area contributed by atoms with Gasteiger partial charge in [-0.2, -0.15) is 0 Å². The summed E-state index contributed by atoms with van der Waals surface area (Å²) in [6, 6.07) is 0. The lowest BCUT2D eigenvalue weighted by molar-refractivity contribution is -0.132. The monoisotopic (exact) mass is 320 g/mol. The van der Waals surface area contributed by atoms with Gasteiger partial charge in [-0.1, -0.05) is 12.8 Å². The highest BCUT2D eigenvalue weighted by atomic mass is 16.7. The van der Waals surface area contributed by atoms with Crippen LogP contribution in [-0.2, 0) is 9.47 Å². The van der Waals surface area contributed by atoms with Crippen molar-refractivity contribution in [2.45, 2.75) is 65.0 Å². The standard InChI is InChI=1S/C14H28N2O6/c1-13(2,19)21-11(17)15-9-7-5-6-8-10-16-12(18)22-14(3,4)20/h19-20H,5-10H2,1-4H3,(H,15,17)(H,16,18). The van der Waals surface area contributed by atoms with Crippen LogP contribution in [0.4, 0.5) is 9.59 Å². The lowest BCUT2D eigenvalue weighted by Gasteiger charge is -2.18. The maximum Gasteiger partial charge on any atom is 0.409 e. The van der Waals surface area contributed by atoms with Crippen LogP contribution in [0.5, 0.6) is 0 Å². The Morgan fingerprint density at radius 2 is 1.09 bits per heavy atom. The molecule has 0 radical (unpaired) electrons. The predicted molar refractivity (Wildman–Crippen MR) is 80.0 cm³/mol. The molecule has 0 heterocycles. The van der Waals surface area contributed by atoms with Crippen LogP contribution in [-0.4, -0.2) is 47.1 Å². The third-order valence-corrected chi connectivity index (χ3v) is 2.33. The molecule has 0 atom stereocenters. The molecular weight excluding hydrogens is 292 g/mol. The lowest BCUT2D eigenvalue weighted by Crippen LogP contribution is -2.35. The van der Waals surface area contributed by atoms with E-state index in [0.29, 0.717) is 13.1 Å². The number of aliphatic hydroxyl groups is 2. The molecule has 0 unspecified atom stereocenters. The first kappa shape index (κ1) is 20.5. The molecule has 0 aliphatic heterocycles. The summed E-state index contributed by atoms with van der Waals surface area (Å²) in [6.07, 6.45) is 2.01. The number of hydrogen-bond acceptors (Lipinski definition) is 6. The van der Waals surface area contributed by atoms with Crippen LogP contribution in [0.1, 0.15) is 53.4 Å². The summed E-state index contributed by atoms with van der Waals surface area (Å²) < 4.78 is 9.35. The molecule has 0 aromatic rings. The van der Waals surface area contributed by atoms with Gasteiger partial charge in [0.05, 0.1) is 0 Å². The highest BCUT2D eigenvalue weighted by molar-refractivity contribution is 5.67. The fourth-order valence-electron chi connectivity index (χ4n) is 1.51. The van der Waals surface area contributed by atoms with Crippen molar-refractivity contribution in [1.29, 1.82) is 0 Å². The van der Waals surface area contributed by atoms with E-state index in [1.165, 1.54) is 27.7 Å². The molecule has 0 aliphatic rings. The number of carbonyl (C=O) groups excluding carboxylic acids is 2. The Bertz CT molecular complexity index is 312. The molecule has 0 aliphatic carbocycles. The van der Waals surface area contributed by atoms with Crippen LogP contribution in [0, 0.1) is 0 Å². The second-order valence-electron chi connectivity index (χ2n) is 5.94. The first-order valence-corrected chi connectivity index (χ1v) is 7.38. The van der Waals surface area contributed by atoms with Gasteiger partial charge in [0.1, 0.15) is 0 Å². The van der Waals surface area contributed by atoms with Gasteiger partial charge in [-0.25, -0.2) is 9.59 Å². The number of carbonyl (C=O) groups is 2. The van der Waals surface area contributed by atoms with E-state index in [4.69, 9.17) is 0 Å². The Balaban J connectivity index is 3.45. The van der Waals surface area contributed by atoms with Crippen molar-refractivity contribution in [2.24, 2.45) is 0 Å². The molecule has 0 bridgehead atoms. The van der Waals surface area contributed by atoms with E-state index in [1.807, 2.05) is 0 Å². The van der Waals surface area contributed by atoms with Crippen molar-refractivity contribution in [3.63, 3.8) is 0 Å². The van der Waals surface area contributed by atoms with Gasteiger partial charge in [0.25, 0.3) is 0 Å². The van der Waals surface area contributed by atoms with Gasteiger partial charge in [-0.3, -0.25) is 0 Å². The van der Waals surface area contributed by atoms with E-state index < -0.39 is 23.8 Å². The fraction of sp³-hybridized carbons (Fsp3) is 0.857. The summed E-state index contributed by atoms with van der Waals surface area (Å²) >= 11 is 0. The summed E-state index contributed by atoms with van der Waals surface area (Å²) in [5, 5.41) is 23.6. The van der Waals surface area contributed by atoms with Crippen LogP contribution >= 0.6 is 0 Å². The van der Waals surface area contributed by atoms with Gasteiger partial charge >= 0.3 is 12.2 Å². The van der Waals surface area contributed by atoms with Crippen molar-refractivity contribution in [2.75, 3.05) is 13.1 Å². The number of amides is 2. The Kier molecular flexibility index (Phi) is 8.81. The molecular formula is C14H28N2O6. The van der Waals surface area contributed by atoms with E-state index in [0.717, 1.165) is 25.7 Å². The van der Waals surface area contributed by atoms with E-state index in [2.05, 4.69) is 20.1 Å². The smallest absolute Gasteiger partial charge is 0.409 e. The van der Waals surface area contributed by atoms with Crippen LogP contribution in [0.25, 0.3) is 0 Å².